The predicted molar refractivity (Wildman–Crippen MR) is 112 cm³/mol. The monoisotopic (exact) mass is 411 g/mol. The Balaban J connectivity index is 1.44. The second-order valence-corrected chi connectivity index (χ2v) is 9.02. The van der Waals surface area contributed by atoms with Crippen LogP contribution in [0.1, 0.15) is 60.9 Å². The first-order valence-corrected chi connectivity index (χ1v) is 10.9. The van der Waals surface area contributed by atoms with Gasteiger partial charge in [0.15, 0.2) is 0 Å². The van der Waals surface area contributed by atoms with E-state index in [0.29, 0.717) is 17.8 Å². The molecule has 2 saturated heterocycles. The number of likely N-dealkylation sites (tertiary alicyclic amines) is 1. The summed E-state index contributed by atoms with van der Waals surface area (Å²) >= 11 is 0. The zero-order valence-corrected chi connectivity index (χ0v) is 17.5. The SMILES string of the molecule is Cc1ccc(C(=O)N2CCC3(CCC(C=O)CC3)CC2)cc1N1CCC(=O)NC1=O. The summed E-state index contributed by atoms with van der Waals surface area (Å²) in [5.41, 5.74) is 2.42. The summed E-state index contributed by atoms with van der Waals surface area (Å²) in [4.78, 5) is 51.3. The summed E-state index contributed by atoms with van der Waals surface area (Å²) in [6.45, 7) is 3.67. The number of rotatable bonds is 3. The first-order chi connectivity index (χ1) is 14.4. The number of hydrogen-bond acceptors (Lipinski definition) is 4. The molecule has 1 N–H and O–H groups in total. The van der Waals surface area contributed by atoms with Crippen LogP contribution in [0.25, 0.3) is 0 Å². The van der Waals surface area contributed by atoms with Crippen molar-refractivity contribution in [2.24, 2.45) is 11.3 Å². The lowest BCUT2D eigenvalue weighted by Crippen LogP contribution is -2.50. The van der Waals surface area contributed by atoms with Gasteiger partial charge in [-0.3, -0.25) is 19.8 Å². The third-order valence-electron chi connectivity index (χ3n) is 7.20. The molecule has 1 aliphatic carbocycles. The maximum absolute atomic E-state index is 13.2. The van der Waals surface area contributed by atoms with Crippen LogP contribution in [0.2, 0.25) is 0 Å². The number of aldehydes is 1. The molecule has 1 saturated carbocycles. The topological polar surface area (TPSA) is 86.8 Å². The summed E-state index contributed by atoms with van der Waals surface area (Å²) < 4.78 is 0. The van der Waals surface area contributed by atoms with E-state index in [2.05, 4.69) is 5.32 Å². The van der Waals surface area contributed by atoms with Crippen molar-refractivity contribution in [2.75, 3.05) is 24.5 Å². The van der Waals surface area contributed by atoms with E-state index in [4.69, 9.17) is 0 Å². The fourth-order valence-corrected chi connectivity index (χ4v) is 5.08. The number of imide groups is 1. The average molecular weight is 412 g/mol. The highest BCUT2D eigenvalue weighted by Crippen LogP contribution is 2.46. The molecule has 0 aromatic heterocycles. The van der Waals surface area contributed by atoms with Crippen LogP contribution in [0.15, 0.2) is 18.2 Å². The van der Waals surface area contributed by atoms with Crippen molar-refractivity contribution >= 4 is 29.8 Å². The van der Waals surface area contributed by atoms with Crippen molar-refractivity contribution in [3.63, 3.8) is 0 Å². The third-order valence-corrected chi connectivity index (χ3v) is 7.20. The Kier molecular flexibility index (Phi) is 5.62. The molecule has 160 valence electrons. The van der Waals surface area contributed by atoms with Gasteiger partial charge in [0.25, 0.3) is 5.91 Å². The Morgan fingerprint density at radius 3 is 2.43 bits per heavy atom. The normalized spacial score (nSPS) is 22.2. The van der Waals surface area contributed by atoms with E-state index in [9.17, 15) is 19.2 Å². The van der Waals surface area contributed by atoms with E-state index in [1.807, 2.05) is 24.0 Å². The van der Waals surface area contributed by atoms with Crippen LogP contribution in [0, 0.1) is 18.3 Å². The Hall–Kier alpha value is -2.70. The molecule has 4 amide bonds. The van der Waals surface area contributed by atoms with Crippen molar-refractivity contribution in [1.29, 1.82) is 0 Å². The first-order valence-electron chi connectivity index (χ1n) is 10.9. The maximum atomic E-state index is 13.2. The molecule has 3 fully saturated rings. The molecule has 7 nitrogen and oxygen atoms in total. The lowest BCUT2D eigenvalue weighted by atomic mass is 9.65. The van der Waals surface area contributed by atoms with Gasteiger partial charge in [0.1, 0.15) is 6.29 Å². The quantitative estimate of drug-likeness (QED) is 0.775. The molecule has 2 heterocycles. The van der Waals surface area contributed by atoms with Gasteiger partial charge in [-0.25, -0.2) is 4.79 Å². The molecule has 1 aromatic rings. The van der Waals surface area contributed by atoms with E-state index < -0.39 is 6.03 Å². The smallest absolute Gasteiger partial charge is 0.328 e. The zero-order chi connectivity index (χ0) is 21.3. The fourth-order valence-electron chi connectivity index (χ4n) is 5.08. The van der Waals surface area contributed by atoms with Gasteiger partial charge in [-0.1, -0.05) is 6.07 Å². The fraction of sp³-hybridized carbons (Fsp3) is 0.565. The lowest BCUT2D eigenvalue weighted by molar-refractivity contribution is -0.120. The number of nitrogens with one attached hydrogen (secondary N) is 1. The van der Waals surface area contributed by atoms with Gasteiger partial charge in [0.05, 0.1) is 0 Å². The van der Waals surface area contributed by atoms with Gasteiger partial charge in [-0.15, -0.1) is 0 Å². The molecule has 0 radical (unpaired) electrons. The Labute approximate surface area is 176 Å². The highest BCUT2D eigenvalue weighted by Gasteiger charge is 2.39. The van der Waals surface area contributed by atoms with Crippen molar-refractivity contribution in [1.82, 2.24) is 10.2 Å². The number of anilines is 1. The van der Waals surface area contributed by atoms with Crippen LogP contribution in [0.3, 0.4) is 0 Å². The molecule has 0 unspecified atom stereocenters. The van der Waals surface area contributed by atoms with Crippen LogP contribution >= 0.6 is 0 Å². The number of urea groups is 1. The van der Waals surface area contributed by atoms with Crippen molar-refractivity contribution in [3.8, 4) is 0 Å². The zero-order valence-electron chi connectivity index (χ0n) is 17.5. The average Bonchev–Trinajstić information content (AvgIpc) is 2.75. The van der Waals surface area contributed by atoms with Gasteiger partial charge < -0.3 is 9.69 Å². The second kappa shape index (κ2) is 8.20. The van der Waals surface area contributed by atoms with E-state index in [-0.39, 0.29) is 29.6 Å². The van der Waals surface area contributed by atoms with Crippen molar-refractivity contribution in [3.05, 3.63) is 29.3 Å². The van der Waals surface area contributed by atoms with Gasteiger partial charge in [-0.2, -0.15) is 0 Å². The summed E-state index contributed by atoms with van der Waals surface area (Å²) in [5.74, 6) is -0.0738. The number of carbonyl (C=O) groups excluding carboxylic acids is 4. The number of aryl methyl sites for hydroxylation is 1. The van der Waals surface area contributed by atoms with Crippen molar-refractivity contribution < 1.29 is 19.2 Å². The molecule has 30 heavy (non-hydrogen) atoms. The second-order valence-electron chi connectivity index (χ2n) is 9.02. The molecule has 1 spiro atoms. The van der Waals surface area contributed by atoms with Crippen LogP contribution in [-0.2, 0) is 9.59 Å². The highest BCUT2D eigenvalue weighted by molar-refractivity contribution is 6.06. The van der Waals surface area contributed by atoms with Crippen LogP contribution in [0.4, 0.5) is 10.5 Å². The van der Waals surface area contributed by atoms with Gasteiger partial charge in [-0.05, 0) is 68.6 Å². The predicted octanol–water partition coefficient (Wildman–Crippen LogP) is 3.05. The van der Waals surface area contributed by atoms with Crippen molar-refractivity contribution in [2.45, 2.75) is 51.9 Å². The van der Waals surface area contributed by atoms with E-state index in [1.165, 1.54) is 4.90 Å². The summed E-state index contributed by atoms with van der Waals surface area (Å²) in [7, 11) is 0. The van der Waals surface area contributed by atoms with Crippen LogP contribution in [-0.4, -0.2) is 48.7 Å². The lowest BCUT2D eigenvalue weighted by Gasteiger charge is -2.45. The Morgan fingerprint density at radius 1 is 1.10 bits per heavy atom. The van der Waals surface area contributed by atoms with Gasteiger partial charge >= 0.3 is 6.03 Å². The maximum Gasteiger partial charge on any atom is 0.328 e. The molecule has 3 aliphatic rings. The molecular formula is C23H29N3O4. The number of benzene rings is 1. The molecule has 4 rings (SSSR count). The number of amides is 4. The van der Waals surface area contributed by atoms with Gasteiger partial charge in [0.2, 0.25) is 5.91 Å². The van der Waals surface area contributed by atoms with E-state index >= 15 is 0 Å². The van der Waals surface area contributed by atoms with Crippen LogP contribution in [0.5, 0.6) is 0 Å². The minimum atomic E-state index is -0.440. The highest BCUT2D eigenvalue weighted by atomic mass is 16.2. The third kappa shape index (κ3) is 3.98. The van der Waals surface area contributed by atoms with Crippen LogP contribution < -0.4 is 10.2 Å². The minimum absolute atomic E-state index is 0.0128. The molecule has 1 aromatic carbocycles. The molecule has 0 bridgehead atoms. The summed E-state index contributed by atoms with van der Waals surface area (Å²) in [6.07, 6.45) is 7.42. The number of nitrogens with zero attached hydrogens (tertiary/aromatic N) is 2. The Morgan fingerprint density at radius 2 is 1.80 bits per heavy atom. The summed E-state index contributed by atoms with van der Waals surface area (Å²) in [6, 6.07) is 5.00. The first kappa shape index (κ1) is 20.6. The molecule has 7 heteroatoms. The van der Waals surface area contributed by atoms with E-state index in [0.717, 1.165) is 63.5 Å². The number of carbonyl (C=O) groups is 4. The standard InChI is InChI=1S/C23H29N3O4/c1-16-2-3-18(14-19(16)26-11-6-20(28)24-22(26)30)21(29)25-12-9-23(10-13-25)7-4-17(15-27)5-8-23/h2-3,14-15,17H,4-13H2,1H3,(H,24,28,30). The Bertz CT molecular complexity index is 863. The number of piperidine rings is 1. The summed E-state index contributed by atoms with van der Waals surface area (Å²) in [5, 5.41) is 2.34. The largest absolute Gasteiger partial charge is 0.339 e. The molecular weight excluding hydrogens is 382 g/mol. The minimum Gasteiger partial charge on any atom is -0.339 e. The number of hydrogen-bond donors (Lipinski definition) is 1. The molecule has 2 aliphatic heterocycles. The van der Waals surface area contributed by atoms with Gasteiger partial charge in [0, 0.05) is 43.2 Å². The molecule has 0 atom stereocenters. The van der Waals surface area contributed by atoms with E-state index in [1.54, 1.807) is 6.07 Å².